The Morgan fingerprint density at radius 2 is 2.30 bits per heavy atom. The second-order valence-electron chi connectivity index (χ2n) is 4.90. The highest BCUT2D eigenvalue weighted by atomic mass is 35.5. The molecular formula is C12H17ClN4O3. The summed E-state index contributed by atoms with van der Waals surface area (Å²) in [5.41, 5.74) is -0.00263. The maximum Gasteiger partial charge on any atom is 0.352 e. The molecule has 1 aliphatic rings. The minimum Gasteiger partial charge on any atom is -0.473 e. The van der Waals surface area contributed by atoms with Crippen LogP contribution in [0.25, 0.3) is 0 Å². The Hall–Kier alpha value is -1.47. The lowest BCUT2D eigenvalue weighted by molar-refractivity contribution is -0.387. The topological polar surface area (TPSA) is 81.4 Å². The van der Waals surface area contributed by atoms with E-state index in [1.807, 2.05) is 0 Å². The Labute approximate surface area is 122 Å². The Balaban J connectivity index is 2.03. The second-order valence-corrected chi connectivity index (χ2v) is 5.24. The maximum absolute atomic E-state index is 11.0. The molecule has 0 aliphatic carbocycles. The fraction of sp³-hybridized carbons (Fsp3) is 0.667. The number of ether oxygens (including phenoxy) is 1. The van der Waals surface area contributed by atoms with Crippen molar-refractivity contribution in [2.24, 2.45) is 0 Å². The number of halogens is 1. The van der Waals surface area contributed by atoms with E-state index in [1.54, 1.807) is 0 Å². The third kappa shape index (κ3) is 3.34. The van der Waals surface area contributed by atoms with E-state index in [0.717, 1.165) is 19.4 Å². The van der Waals surface area contributed by atoms with E-state index < -0.39 is 4.92 Å². The van der Waals surface area contributed by atoms with Crippen LogP contribution in [0.1, 0.15) is 25.0 Å². The second kappa shape index (κ2) is 6.32. The highest BCUT2D eigenvalue weighted by molar-refractivity contribution is 6.28. The smallest absolute Gasteiger partial charge is 0.352 e. The lowest BCUT2D eigenvalue weighted by Crippen LogP contribution is -2.26. The average Bonchev–Trinajstić information content (AvgIpc) is 2.73. The van der Waals surface area contributed by atoms with Crippen molar-refractivity contribution in [2.45, 2.75) is 32.2 Å². The molecule has 8 heteroatoms. The first kappa shape index (κ1) is 14.9. The van der Waals surface area contributed by atoms with Crippen molar-refractivity contribution in [1.29, 1.82) is 0 Å². The molecule has 2 heterocycles. The summed E-state index contributed by atoms with van der Waals surface area (Å²) in [6.07, 6.45) is 3.12. The normalized spacial score (nSPS) is 19.2. The molecule has 1 saturated heterocycles. The Morgan fingerprint density at radius 3 is 2.90 bits per heavy atom. The predicted octanol–water partition coefficient (Wildman–Crippen LogP) is 2.21. The van der Waals surface area contributed by atoms with Crippen molar-refractivity contribution >= 4 is 17.3 Å². The molecule has 1 aromatic rings. The molecular weight excluding hydrogens is 284 g/mol. The van der Waals surface area contributed by atoms with Gasteiger partial charge in [0, 0.05) is 6.04 Å². The van der Waals surface area contributed by atoms with E-state index in [2.05, 4.69) is 21.9 Å². The van der Waals surface area contributed by atoms with Gasteiger partial charge in [-0.05, 0) is 51.4 Å². The molecule has 0 N–H and O–H groups in total. The molecule has 1 unspecified atom stereocenters. The van der Waals surface area contributed by atoms with Crippen LogP contribution in [-0.2, 0) is 0 Å². The summed E-state index contributed by atoms with van der Waals surface area (Å²) in [6, 6.07) is 0.465. The van der Waals surface area contributed by atoms with E-state index in [-0.39, 0.29) is 22.5 Å². The SMILES string of the molecule is Cc1nc(Cl)nc(OCCC2CCCN2C)c1[N+](=O)[O-]. The third-order valence-corrected chi connectivity index (χ3v) is 3.71. The monoisotopic (exact) mass is 300 g/mol. The van der Waals surface area contributed by atoms with Gasteiger partial charge in [-0.25, -0.2) is 4.98 Å². The van der Waals surface area contributed by atoms with Crippen molar-refractivity contribution in [1.82, 2.24) is 14.9 Å². The van der Waals surface area contributed by atoms with Gasteiger partial charge in [0.15, 0.2) is 0 Å². The van der Waals surface area contributed by atoms with E-state index in [4.69, 9.17) is 16.3 Å². The van der Waals surface area contributed by atoms with E-state index in [9.17, 15) is 10.1 Å². The Kier molecular flexibility index (Phi) is 4.72. The van der Waals surface area contributed by atoms with Gasteiger partial charge in [0.1, 0.15) is 5.69 Å². The van der Waals surface area contributed by atoms with Crippen LogP contribution < -0.4 is 4.74 Å². The van der Waals surface area contributed by atoms with Crippen LogP contribution in [0, 0.1) is 17.0 Å². The van der Waals surface area contributed by atoms with E-state index >= 15 is 0 Å². The summed E-state index contributed by atoms with van der Waals surface area (Å²) in [7, 11) is 2.08. The number of hydrogen-bond acceptors (Lipinski definition) is 6. The quantitative estimate of drug-likeness (QED) is 0.471. The van der Waals surface area contributed by atoms with E-state index in [0.29, 0.717) is 12.6 Å². The molecule has 0 aromatic carbocycles. The van der Waals surface area contributed by atoms with Gasteiger partial charge in [0.25, 0.3) is 5.88 Å². The van der Waals surface area contributed by atoms with Crippen molar-refractivity contribution < 1.29 is 9.66 Å². The van der Waals surface area contributed by atoms with Gasteiger partial charge >= 0.3 is 5.69 Å². The molecule has 110 valence electrons. The summed E-state index contributed by atoms with van der Waals surface area (Å²) >= 11 is 5.72. The molecule has 1 aliphatic heterocycles. The number of aromatic nitrogens is 2. The zero-order chi connectivity index (χ0) is 14.7. The highest BCUT2D eigenvalue weighted by Crippen LogP contribution is 2.29. The Morgan fingerprint density at radius 1 is 1.55 bits per heavy atom. The molecule has 2 rings (SSSR count). The van der Waals surface area contributed by atoms with Gasteiger partial charge in [0.2, 0.25) is 5.28 Å². The van der Waals surface area contributed by atoms with Crippen LogP contribution in [0.4, 0.5) is 5.69 Å². The summed E-state index contributed by atoms with van der Waals surface area (Å²) in [6.45, 7) is 2.98. The number of rotatable bonds is 5. The standard InChI is InChI=1S/C12H17ClN4O3/c1-8-10(17(18)19)11(15-12(13)14-8)20-7-5-9-4-3-6-16(9)2/h9H,3-7H2,1-2H3. The molecule has 1 atom stereocenters. The zero-order valence-electron chi connectivity index (χ0n) is 11.5. The van der Waals surface area contributed by atoms with Gasteiger partial charge in [-0.2, -0.15) is 4.98 Å². The minimum absolute atomic E-state index is 0.0407. The number of nitro groups is 1. The molecule has 1 fully saturated rings. The molecule has 0 spiro atoms. The lowest BCUT2D eigenvalue weighted by Gasteiger charge is -2.19. The molecule has 0 radical (unpaired) electrons. The first-order valence-electron chi connectivity index (χ1n) is 6.50. The van der Waals surface area contributed by atoms with Crippen LogP contribution in [0.5, 0.6) is 5.88 Å². The van der Waals surface area contributed by atoms with Crippen molar-refractivity contribution in [2.75, 3.05) is 20.2 Å². The molecule has 0 bridgehead atoms. The number of aryl methyl sites for hydroxylation is 1. The summed E-state index contributed by atoms with van der Waals surface area (Å²) in [5, 5.41) is 11.0. The minimum atomic E-state index is -0.539. The molecule has 20 heavy (non-hydrogen) atoms. The Bertz CT molecular complexity index is 512. The molecule has 7 nitrogen and oxygen atoms in total. The van der Waals surface area contributed by atoms with Crippen molar-refractivity contribution in [3.05, 3.63) is 21.1 Å². The van der Waals surface area contributed by atoms with Gasteiger partial charge < -0.3 is 9.64 Å². The number of hydrogen-bond donors (Lipinski definition) is 0. The largest absolute Gasteiger partial charge is 0.473 e. The van der Waals surface area contributed by atoms with Crippen LogP contribution in [-0.4, -0.2) is 46.0 Å². The molecule has 0 saturated carbocycles. The van der Waals surface area contributed by atoms with Gasteiger partial charge in [-0.15, -0.1) is 0 Å². The predicted molar refractivity (Wildman–Crippen MR) is 74.2 cm³/mol. The third-order valence-electron chi connectivity index (χ3n) is 3.54. The van der Waals surface area contributed by atoms with E-state index in [1.165, 1.54) is 13.3 Å². The molecule has 1 aromatic heterocycles. The lowest BCUT2D eigenvalue weighted by atomic mass is 10.1. The van der Waals surface area contributed by atoms with Gasteiger partial charge in [0.05, 0.1) is 11.5 Å². The fourth-order valence-electron chi connectivity index (χ4n) is 2.45. The zero-order valence-corrected chi connectivity index (χ0v) is 12.3. The van der Waals surface area contributed by atoms with Crippen molar-refractivity contribution in [3.8, 4) is 5.88 Å². The van der Waals surface area contributed by atoms with Crippen LogP contribution in [0.3, 0.4) is 0 Å². The maximum atomic E-state index is 11.0. The van der Waals surface area contributed by atoms with Crippen LogP contribution in [0.15, 0.2) is 0 Å². The first-order chi connectivity index (χ1) is 9.49. The summed E-state index contributed by atoms with van der Waals surface area (Å²) in [5.74, 6) is -0.0480. The average molecular weight is 301 g/mol. The van der Waals surface area contributed by atoms with Gasteiger partial charge in [-0.3, -0.25) is 10.1 Å². The summed E-state index contributed by atoms with van der Waals surface area (Å²) in [4.78, 5) is 20.3. The van der Waals surface area contributed by atoms with Gasteiger partial charge in [-0.1, -0.05) is 0 Å². The fourth-order valence-corrected chi connectivity index (χ4v) is 2.66. The molecule has 0 amide bonds. The number of nitrogens with zero attached hydrogens (tertiary/aromatic N) is 4. The number of likely N-dealkylation sites (tertiary alicyclic amines) is 1. The highest BCUT2D eigenvalue weighted by Gasteiger charge is 2.25. The van der Waals surface area contributed by atoms with Crippen LogP contribution in [0.2, 0.25) is 5.28 Å². The first-order valence-corrected chi connectivity index (χ1v) is 6.88. The van der Waals surface area contributed by atoms with Crippen LogP contribution >= 0.6 is 11.6 Å². The van der Waals surface area contributed by atoms with Crippen molar-refractivity contribution in [3.63, 3.8) is 0 Å². The summed E-state index contributed by atoms with van der Waals surface area (Å²) < 4.78 is 5.47.